The van der Waals surface area contributed by atoms with Crippen LogP contribution in [0.15, 0.2) is 97.8 Å². The number of carbonyl (C=O) groups is 2. The maximum atomic E-state index is 12.9. The van der Waals surface area contributed by atoms with Crippen LogP contribution in [0.4, 0.5) is 47.6 Å². The van der Waals surface area contributed by atoms with Crippen molar-refractivity contribution in [2.24, 2.45) is 7.05 Å². The molecule has 0 unspecified atom stereocenters. The summed E-state index contributed by atoms with van der Waals surface area (Å²) in [5.41, 5.74) is 1.99. The van der Waals surface area contributed by atoms with Gasteiger partial charge in [0, 0.05) is 73.3 Å². The van der Waals surface area contributed by atoms with E-state index >= 15 is 0 Å². The predicted molar refractivity (Wildman–Crippen MR) is 224 cm³/mol. The van der Waals surface area contributed by atoms with Crippen LogP contribution in [0.5, 0.6) is 23.3 Å². The normalized spacial score (nSPS) is 11.7. The van der Waals surface area contributed by atoms with Crippen LogP contribution in [0.3, 0.4) is 0 Å². The molecule has 0 radical (unpaired) electrons. The average molecular weight is 905 g/mol. The standard InChI is InChI=1S/C21H20F3N7O2.C20H18F3N7O2/c1-13-7-18(29-31(13)11-21(22,23)24)28-20(32)30-6-5-14-8-16(3-4-17(14)30)33-19-9-15(10-25-2)26-12-27-19;1-24-10-13-8-18(26-11-25-13)32-14-3-4-15-12(7-14)5-6-30(15)19(31)27-17-9-16(20(21,22)23)29(2)28-17/h3-9,12,25H,10-11H2,1-2H3,(H,28,29,32);3-9,11,24H,10H2,1-2H3,(H,27,28,31). The minimum Gasteiger partial charge on any atom is -0.439 e. The van der Waals surface area contributed by atoms with Crippen LogP contribution < -0.4 is 30.7 Å². The molecule has 0 bridgehead atoms. The monoisotopic (exact) mass is 904 g/mol. The third-order valence-electron chi connectivity index (χ3n) is 9.27. The van der Waals surface area contributed by atoms with E-state index in [9.17, 15) is 35.9 Å². The molecule has 4 N–H and O–H groups in total. The van der Waals surface area contributed by atoms with Crippen LogP contribution in [0.25, 0.3) is 21.8 Å². The average Bonchev–Trinajstić information content (AvgIpc) is 4.03. The van der Waals surface area contributed by atoms with Crippen molar-refractivity contribution in [1.29, 1.82) is 0 Å². The molecule has 0 saturated heterocycles. The molecule has 8 aromatic rings. The lowest BCUT2D eigenvalue weighted by atomic mass is 10.2. The Morgan fingerprint density at radius 3 is 1.58 bits per heavy atom. The number of benzene rings is 2. The van der Waals surface area contributed by atoms with E-state index in [1.165, 1.54) is 41.0 Å². The second kappa shape index (κ2) is 18.9. The van der Waals surface area contributed by atoms with Crippen molar-refractivity contribution in [2.75, 3.05) is 24.7 Å². The zero-order valence-corrected chi connectivity index (χ0v) is 34.7. The Kier molecular flexibility index (Phi) is 13.1. The minimum atomic E-state index is -4.57. The third-order valence-corrected chi connectivity index (χ3v) is 9.27. The molecular weight excluding hydrogens is 867 g/mol. The number of amides is 2. The fourth-order valence-corrected chi connectivity index (χ4v) is 6.42. The molecule has 0 spiro atoms. The number of rotatable bonds is 11. The van der Waals surface area contributed by atoms with E-state index in [1.54, 1.807) is 73.9 Å². The summed E-state index contributed by atoms with van der Waals surface area (Å²) in [7, 11) is 4.78. The summed E-state index contributed by atoms with van der Waals surface area (Å²) in [4.78, 5) is 41.7. The SMILES string of the molecule is CNCc1cc(Oc2ccc3c(ccn3C(=O)Nc3cc(C(F)(F)F)n(C)n3)c2)ncn1.CNCc1cc(Oc2ccc3c(ccn3C(=O)Nc3cc(C)n(CC(F)(F)F)n3)c2)ncn1. The first-order chi connectivity index (χ1) is 31.0. The van der Waals surface area contributed by atoms with E-state index in [-0.39, 0.29) is 17.3 Å². The second-order valence-corrected chi connectivity index (χ2v) is 14.1. The van der Waals surface area contributed by atoms with E-state index in [0.717, 1.165) is 34.6 Å². The summed E-state index contributed by atoms with van der Waals surface area (Å²) in [6.07, 6.45) is -3.10. The number of halogens is 6. The highest BCUT2D eigenvalue weighted by Gasteiger charge is 2.35. The smallest absolute Gasteiger partial charge is 0.433 e. The van der Waals surface area contributed by atoms with E-state index in [1.807, 2.05) is 7.05 Å². The number of hydrogen-bond donors (Lipinski definition) is 4. The molecular formula is C41H38F6N14O4. The molecule has 0 aliphatic rings. The first kappa shape index (κ1) is 45.2. The molecule has 0 fully saturated rings. The van der Waals surface area contributed by atoms with Crippen molar-refractivity contribution in [2.45, 2.75) is 38.9 Å². The largest absolute Gasteiger partial charge is 0.439 e. The Bertz CT molecular complexity index is 2970. The third kappa shape index (κ3) is 11.2. The highest BCUT2D eigenvalue weighted by molar-refractivity contribution is 5.99. The topological polar surface area (TPSA) is 198 Å². The van der Waals surface area contributed by atoms with Crippen LogP contribution >= 0.6 is 0 Å². The first-order valence-corrected chi connectivity index (χ1v) is 19.3. The van der Waals surface area contributed by atoms with Gasteiger partial charge in [0.2, 0.25) is 11.8 Å². The maximum absolute atomic E-state index is 12.9. The van der Waals surface area contributed by atoms with Gasteiger partial charge in [-0.05, 0) is 69.6 Å². The zero-order chi connectivity index (χ0) is 46.5. The number of aryl methyl sites for hydroxylation is 2. The Morgan fingerprint density at radius 2 is 1.14 bits per heavy atom. The lowest BCUT2D eigenvalue weighted by Crippen LogP contribution is -2.21. The van der Waals surface area contributed by atoms with Crippen molar-refractivity contribution in [3.05, 3.63) is 121 Å². The Hall–Kier alpha value is -7.86. The number of nitrogens with one attached hydrogen (secondary N) is 4. The lowest BCUT2D eigenvalue weighted by molar-refractivity contribution is -0.144. The summed E-state index contributed by atoms with van der Waals surface area (Å²) >= 11 is 0. The van der Waals surface area contributed by atoms with Crippen molar-refractivity contribution in [1.82, 2.24) is 59.3 Å². The molecule has 18 nitrogen and oxygen atoms in total. The molecule has 65 heavy (non-hydrogen) atoms. The molecule has 0 aliphatic carbocycles. The number of alkyl halides is 6. The Morgan fingerprint density at radius 1 is 0.646 bits per heavy atom. The van der Waals surface area contributed by atoms with E-state index in [4.69, 9.17) is 9.47 Å². The summed E-state index contributed by atoms with van der Waals surface area (Å²) in [5, 5.41) is 19.8. The van der Waals surface area contributed by atoms with E-state index < -0.39 is 36.7 Å². The van der Waals surface area contributed by atoms with Crippen molar-refractivity contribution >= 4 is 45.5 Å². The van der Waals surface area contributed by atoms with Gasteiger partial charge in [0.15, 0.2) is 11.6 Å². The summed E-state index contributed by atoms with van der Waals surface area (Å²) in [6.45, 7) is 1.40. The molecule has 2 aromatic carbocycles. The summed E-state index contributed by atoms with van der Waals surface area (Å²) < 4.78 is 92.4. The van der Waals surface area contributed by atoms with Gasteiger partial charge >= 0.3 is 24.4 Å². The number of ether oxygens (including phenoxy) is 2. The number of carbonyl (C=O) groups excluding carboxylic acids is 2. The summed E-state index contributed by atoms with van der Waals surface area (Å²) in [6, 6.07) is 18.0. The zero-order valence-electron chi connectivity index (χ0n) is 34.7. The van der Waals surface area contributed by atoms with Gasteiger partial charge in [-0.3, -0.25) is 29.1 Å². The lowest BCUT2D eigenvalue weighted by Gasteiger charge is -2.08. The van der Waals surface area contributed by atoms with Gasteiger partial charge in [0.25, 0.3) is 0 Å². The molecule has 0 aliphatic heterocycles. The molecule has 6 heterocycles. The van der Waals surface area contributed by atoms with Crippen molar-refractivity contribution in [3.8, 4) is 23.3 Å². The van der Waals surface area contributed by atoms with Crippen LogP contribution in [-0.2, 0) is 32.9 Å². The number of hydrogen-bond acceptors (Lipinski definition) is 12. The van der Waals surface area contributed by atoms with Crippen LogP contribution in [0, 0.1) is 6.92 Å². The highest BCUT2D eigenvalue weighted by Crippen LogP contribution is 2.31. The number of nitrogens with zero attached hydrogens (tertiary/aromatic N) is 10. The van der Waals surface area contributed by atoms with Crippen LogP contribution in [-0.4, -0.2) is 81.0 Å². The van der Waals surface area contributed by atoms with Crippen LogP contribution in [0.2, 0.25) is 0 Å². The van der Waals surface area contributed by atoms with E-state index in [0.29, 0.717) is 57.4 Å². The molecule has 0 saturated carbocycles. The van der Waals surface area contributed by atoms with Gasteiger partial charge in [0.1, 0.15) is 36.4 Å². The molecule has 338 valence electrons. The minimum absolute atomic E-state index is 0.0321. The maximum Gasteiger partial charge on any atom is 0.433 e. The Balaban J connectivity index is 0.000000194. The number of anilines is 2. The van der Waals surface area contributed by atoms with Crippen molar-refractivity contribution < 1.29 is 45.4 Å². The molecule has 6 aromatic heterocycles. The van der Waals surface area contributed by atoms with Gasteiger partial charge in [-0.15, -0.1) is 0 Å². The van der Waals surface area contributed by atoms with Gasteiger partial charge in [-0.1, -0.05) is 0 Å². The second-order valence-electron chi connectivity index (χ2n) is 14.1. The number of fused-ring (bicyclic) bond motifs is 2. The molecule has 0 atom stereocenters. The van der Waals surface area contributed by atoms with Crippen LogP contribution in [0.1, 0.15) is 22.8 Å². The summed E-state index contributed by atoms with van der Waals surface area (Å²) in [5.74, 6) is 1.62. The van der Waals surface area contributed by atoms with Gasteiger partial charge in [0.05, 0.1) is 22.4 Å². The fourth-order valence-electron chi connectivity index (χ4n) is 6.42. The quantitative estimate of drug-likeness (QED) is 0.0919. The molecule has 24 heteroatoms. The van der Waals surface area contributed by atoms with Gasteiger partial charge in [-0.25, -0.2) is 29.5 Å². The Labute approximate surface area is 364 Å². The van der Waals surface area contributed by atoms with Crippen molar-refractivity contribution in [3.63, 3.8) is 0 Å². The fraction of sp³-hybridized carbons (Fsp3) is 0.220. The van der Waals surface area contributed by atoms with E-state index in [2.05, 4.69) is 51.4 Å². The first-order valence-electron chi connectivity index (χ1n) is 19.3. The molecule has 8 rings (SSSR count). The van der Waals surface area contributed by atoms with Gasteiger partial charge < -0.3 is 20.1 Å². The number of aromatic nitrogens is 10. The predicted octanol–water partition coefficient (Wildman–Crippen LogP) is 7.87. The molecule has 2 amide bonds. The van der Waals surface area contributed by atoms with Gasteiger partial charge in [-0.2, -0.15) is 36.5 Å². The highest BCUT2D eigenvalue weighted by atomic mass is 19.4.